The van der Waals surface area contributed by atoms with E-state index in [1.54, 1.807) is 0 Å². The van der Waals surface area contributed by atoms with Gasteiger partial charge < -0.3 is 8.98 Å². The summed E-state index contributed by atoms with van der Waals surface area (Å²) in [7, 11) is 0. The van der Waals surface area contributed by atoms with Crippen LogP contribution in [-0.4, -0.2) is 4.57 Å². The van der Waals surface area contributed by atoms with Crippen molar-refractivity contribution in [1.82, 2.24) is 4.57 Å². The van der Waals surface area contributed by atoms with Crippen molar-refractivity contribution in [3.8, 4) is 27.9 Å². The Balaban J connectivity index is 1.11. The van der Waals surface area contributed by atoms with Crippen molar-refractivity contribution >= 4 is 43.7 Å². The number of rotatable bonds is 4. The van der Waals surface area contributed by atoms with E-state index in [9.17, 15) is 0 Å². The van der Waals surface area contributed by atoms with Crippen molar-refractivity contribution < 1.29 is 4.42 Å². The first-order valence-electron chi connectivity index (χ1n) is 17.6. The third-order valence-corrected chi connectivity index (χ3v) is 11.1. The molecule has 0 fully saturated rings. The molecular weight excluding hydrogens is 619 g/mol. The molecule has 2 nitrogen and oxygen atoms in total. The minimum atomic E-state index is -0.457. The highest BCUT2D eigenvalue weighted by Crippen LogP contribution is 2.57. The van der Waals surface area contributed by atoms with Crippen molar-refractivity contribution in [2.45, 2.75) is 5.41 Å². The molecule has 0 saturated heterocycles. The molecule has 8 aromatic carbocycles. The Hall–Kier alpha value is -6.64. The van der Waals surface area contributed by atoms with Gasteiger partial charge in [-0.2, -0.15) is 0 Å². The van der Waals surface area contributed by atoms with Gasteiger partial charge in [0.2, 0.25) is 0 Å². The largest absolute Gasteiger partial charge is 0.456 e. The van der Waals surface area contributed by atoms with E-state index in [0.29, 0.717) is 0 Å². The Bertz CT molecular complexity index is 2910. The molecule has 1 aliphatic carbocycles. The Morgan fingerprint density at radius 2 is 0.980 bits per heavy atom. The van der Waals surface area contributed by atoms with Crippen LogP contribution in [0.1, 0.15) is 22.3 Å². The van der Waals surface area contributed by atoms with E-state index in [-0.39, 0.29) is 0 Å². The molecule has 0 unspecified atom stereocenters. The first-order chi connectivity index (χ1) is 25.3. The van der Waals surface area contributed by atoms with Gasteiger partial charge in [-0.05, 0) is 99.1 Å². The number of furan rings is 1. The van der Waals surface area contributed by atoms with Crippen LogP contribution in [0.4, 0.5) is 0 Å². The van der Waals surface area contributed by atoms with Crippen LogP contribution in [0.25, 0.3) is 71.7 Å². The summed E-state index contributed by atoms with van der Waals surface area (Å²) < 4.78 is 9.18. The van der Waals surface area contributed by atoms with Gasteiger partial charge in [0.05, 0.1) is 16.4 Å². The van der Waals surface area contributed by atoms with Gasteiger partial charge in [-0.25, -0.2) is 0 Å². The summed E-state index contributed by atoms with van der Waals surface area (Å²) in [6.45, 7) is 0. The molecule has 10 aromatic rings. The zero-order chi connectivity index (χ0) is 33.5. The number of nitrogens with zero attached hydrogens (tertiary/aromatic N) is 1. The highest BCUT2D eigenvalue weighted by Gasteiger charge is 2.46. The Morgan fingerprint density at radius 3 is 1.76 bits per heavy atom. The lowest BCUT2D eigenvalue weighted by Crippen LogP contribution is -2.28. The molecule has 2 heterocycles. The summed E-state index contributed by atoms with van der Waals surface area (Å²) in [5, 5.41) is 4.76. The summed E-state index contributed by atoms with van der Waals surface area (Å²) in [4.78, 5) is 0. The van der Waals surface area contributed by atoms with Gasteiger partial charge in [0.1, 0.15) is 11.2 Å². The first-order valence-corrected chi connectivity index (χ1v) is 17.6. The van der Waals surface area contributed by atoms with Crippen LogP contribution in [0.15, 0.2) is 192 Å². The molecule has 2 aromatic heterocycles. The zero-order valence-electron chi connectivity index (χ0n) is 27.8. The molecule has 238 valence electrons. The lowest BCUT2D eigenvalue weighted by Gasteiger charge is -2.33. The summed E-state index contributed by atoms with van der Waals surface area (Å²) >= 11 is 0. The minimum Gasteiger partial charge on any atom is -0.456 e. The molecule has 0 amide bonds. The maximum atomic E-state index is 6.82. The van der Waals surface area contributed by atoms with Crippen LogP contribution in [-0.2, 0) is 5.41 Å². The van der Waals surface area contributed by atoms with Crippen molar-refractivity contribution in [3.05, 3.63) is 210 Å². The highest BCUT2D eigenvalue weighted by atomic mass is 16.3. The van der Waals surface area contributed by atoms with Crippen molar-refractivity contribution in [1.29, 1.82) is 0 Å². The Labute approximate surface area is 295 Å². The molecule has 11 rings (SSSR count). The van der Waals surface area contributed by atoms with Crippen LogP contribution < -0.4 is 0 Å². The number of para-hydroxylation sites is 2. The van der Waals surface area contributed by atoms with E-state index >= 15 is 0 Å². The quantitative estimate of drug-likeness (QED) is 0.186. The fourth-order valence-electron chi connectivity index (χ4n) is 8.90. The fourth-order valence-corrected chi connectivity index (χ4v) is 8.90. The van der Waals surface area contributed by atoms with Crippen molar-refractivity contribution in [2.24, 2.45) is 0 Å². The van der Waals surface area contributed by atoms with E-state index < -0.39 is 5.41 Å². The van der Waals surface area contributed by atoms with Crippen LogP contribution in [0, 0.1) is 0 Å². The van der Waals surface area contributed by atoms with Gasteiger partial charge in [-0.3, -0.25) is 0 Å². The van der Waals surface area contributed by atoms with Gasteiger partial charge in [0, 0.05) is 27.2 Å². The molecule has 0 radical (unpaired) electrons. The van der Waals surface area contributed by atoms with Gasteiger partial charge in [-0.1, -0.05) is 133 Å². The van der Waals surface area contributed by atoms with E-state index in [0.717, 1.165) is 27.5 Å². The second-order valence-electron chi connectivity index (χ2n) is 13.7. The van der Waals surface area contributed by atoms with Gasteiger partial charge >= 0.3 is 0 Å². The smallest absolute Gasteiger partial charge is 0.136 e. The van der Waals surface area contributed by atoms with E-state index in [1.807, 2.05) is 0 Å². The minimum absolute atomic E-state index is 0.457. The van der Waals surface area contributed by atoms with Crippen molar-refractivity contribution in [3.63, 3.8) is 0 Å². The first kappa shape index (κ1) is 28.2. The molecule has 0 aliphatic heterocycles. The lowest BCUT2D eigenvalue weighted by atomic mass is 9.67. The third kappa shape index (κ3) is 3.93. The summed E-state index contributed by atoms with van der Waals surface area (Å²) in [5.41, 5.74) is 14.8. The molecule has 2 heteroatoms. The number of hydrogen-bond donors (Lipinski definition) is 0. The molecule has 0 atom stereocenters. The van der Waals surface area contributed by atoms with Crippen LogP contribution in [0.3, 0.4) is 0 Å². The Kier molecular flexibility index (Phi) is 5.91. The van der Waals surface area contributed by atoms with Gasteiger partial charge in [0.15, 0.2) is 0 Å². The molecule has 0 spiro atoms. The molecule has 1 aliphatic rings. The van der Waals surface area contributed by atoms with Crippen LogP contribution in [0.2, 0.25) is 0 Å². The number of aromatic nitrogens is 1. The van der Waals surface area contributed by atoms with E-state index in [4.69, 9.17) is 4.42 Å². The topological polar surface area (TPSA) is 18.1 Å². The lowest BCUT2D eigenvalue weighted by molar-refractivity contribution is 0.666. The zero-order valence-corrected chi connectivity index (χ0v) is 27.8. The predicted molar refractivity (Wildman–Crippen MR) is 211 cm³/mol. The number of hydrogen-bond acceptors (Lipinski definition) is 1. The molecule has 0 bridgehead atoms. The Morgan fingerprint density at radius 1 is 0.373 bits per heavy atom. The van der Waals surface area contributed by atoms with E-state index in [1.165, 1.54) is 66.4 Å². The summed E-state index contributed by atoms with van der Waals surface area (Å²) in [6, 6.07) is 68.3. The third-order valence-electron chi connectivity index (χ3n) is 11.1. The second-order valence-corrected chi connectivity index (χ2v) is 13.7. The second kappa shape index (κ2) is 10.7. The normalized spacial score (nSPS) is 13.3. The standard InChI is InChI=1S/C49H31NO/c1-4-14-34(15-5-1)49(35-16-6-2-7-17-35)43-22-12-10-20-37(43)40-30-42-39-26-24-33(29-47(39)51-48(42)31-44(40)49)32-25-27-46-41(28-32)38-21-11-13-23-45(38)50(46)36-18-8-3-9-19-36/h1-31H. The van der Waals surface area contributed by atoms with Gasteiger partial charge in [-0.15, -0.1) is 0 Å². The average Bonchev–Trinajstić information content (AvgIpc) is 3.83. The molecule has 0 saturated carbocycles. The maximum Gasteiger partial charge on any atom is 0.136 e. The monoisotopic (exact) mass is 649 g/mol. The number of fused-ring (bicyclic) bond motifs is 9. The maximum absolute atomic E-state index is 6.82. The summed E-state index contributed by atoms with van der Waals surface area (Å²) in [6.07, 6.45) is 0. The van der Waals surface area contributed by atoms with Crippen LogP contribution in [0.5, 0.6) is 0 Å². The summed E-state index contributed by atoms with van der Waals surface area (Å²) in [5.74, 6) is 0. The average molecular weight is 650 g/mol. The van der Waals surface area contributed by atoms with Gasteiger partial charge in [0.25, 0.3) is 0 Å². The van der Waals surface area contributed by atoms with Crippen molar-refractivity contribution in [2.75, 3.05) is 0 Å². The fraction of sp³-hybridized carbons (Fsp3) is 0.0204. The molecule has 51 heavy (non-hydrogen) atoms. The van der Waals surface area contributed by atoms with Crippen LogP contribution >= 0.6 is 0 Å². The SMILES string of the molecule is c1ccc(-n2c3ccccc3c3cc(-c4ccc5c(c4)oc4cc6c(cc45)-c4ccccc4C6(c4ccccc4)c4ccccc4)ccc32)cc1. The highest BCUT2D eigenvalue weighted by molar-refractivity contribution is 6.12. The number of benzene rings is 8. The predicted octanol–water partition coefficient (Wildman–Crippen LogP) is 12.7. The van der Waals surface area contributed by atoms with E-state index in [2.05, 4.69) is 193 Å². The molecular formula is C49H31NO. The molecule has 0 N–H and O–H groups in total.